The second-order valence-electron chi connectivity index (χ2n) is 7.65. The minimum Gasteiger partial charge on any atom is -0.326 e. The Morgan fingerprint density at radius 1 is 0.645 bits per heavy atom. The van der Waals surface area contributed by atoms with Crippen LogP contribution in [-0.2, 0) is 11.0 Å². The Bertz CT molecular complexity index is 1080. The van der Waals surface area contributed by atoms with E-state index in [4.69, 9.17) is 5.73 Å². The van der Waals surface area contributed by atoms with E-state index in [0.717, 1.165) is 21.7 Å². The molecule has 0 heterocycles. The Balaban J connectivity index is 1.75. The van der Waals surface area contributed by atoms with Crippen LogP contribution in [0.3, 0.4) is 0 Å². The zero-order chi connectivity index (χ0) is 21.5. The lowest BCUT2D eigenvalue weighted by Crippen LogP contribution is -2.41. The van der Waals surface area contributed by atoms with E-state index >= 15 is 0 Å². The standard InChI is InChI=1S/C27H27N2OP/c28-26(21-22-13-5-1-6-14-22)27(23-15-7-2-8-16-23)29-31(30,24-17-9-3-10-18-24)25-19-11-4-12-20-25/h1-20,26-27H,21,28H2,(H,29,30)/t26-,27+/m0/s1. The van der Waals surface area contributed by atoms with Gasteiger partial charge in [-0.05, 0) is 41.8 Å². The van der Waals surface area contributed by atoms with Gasteiger partial charge in [0.05, 0.1) is 6.04 Å². The summed E-state index contributed by atoms with van der Waals surface area (Å²) in [5.41, 5.74) is 8.95. The first-order chi connectivity index (χ1) is 15.2. The highest BCUT2D eigenvalue weighted by atomic mass is 31.2. The molecule has 0 aromatic heterocycles. The predicted octanol–water partition coefficient (Wildman–Crippen LogP) is 4.82. The van der Waals surface area contributed by atoms with Gasteiger partial charge in [0.1, 0.15) is 0 Å². The zero-order valence-corrected chi connectivity index (χ0v) is 18.2. The maximum Gasteiger partial charge on any atom is 0.205 e. The van der Waals surface area contributed by atoms with Crippen LogP contribution in [-0.4, -0.2) is 6.04 Å². The average Bonchev–Trinajstić information content (AvgIpc) is 2.84. The quantitative estimate of drug-likeness (QED) is 0.397. The molecular formula is C27H27N2OP. The van der Waals surface area contributed by atoms with Crippen LogP contribution >= 0.6 is 7.29 Å². The van der Waals surface area contributed by atoms with Gasteiger partial charge in [0.2, 0.25) is 7.29 Å². The molecule has 4 aromatic rings. The number of nitrogens with one attached hydrogen (secondary N) is 1. The Hall–Kier alpha value is -2.97. The van der Waals surface area contributed by atoms with Crippen molar-refractivity contribution >= 4 is 17.9 Å². The van der Waals surface area contributed by atoms with Gasteiger partial charge < -0.3 is 5.73 Å². The van der Waals surface area contributed by atoms with Crippen molar-refractivity contribution in [2.45, 2.75) is 18.5 Å². The maximum atomic E-state index is 14.6. The van der Waals surface area contributed by atoms with Crippen molar-refractivity contribution in [3.63, 3.8) is 0 Å². The van der Waals surface area contributed by atoms with Crippen molar-refractivity contribution in [3.05, 3.63) is 132 Å². The molecular weight excluding hydrogens is 399 g/mol. The van der Waals surface area contributed by atoms with Crippen LogP contribution in [0, 0.1) is 0 Å². The predicted molar refractivity (Wildman–Crippen MR) is 130 cm³/mol. The molecule has 0 amide bonds. The van der Waals surface area contributed by atoms with Gasteiger partial charge in [-0.2, -0.15) is 0 Å². The van der Waals surface area contributed by atoms with E-state index < -0.39 is 7.29 Å². The summed E-state index contributed by atoms with van der Waals surface area (Å²) >= 11 is 0. The summed E-state index contributed by atoms with van der Waals surface area (Å²) in [5.74, 6) is 0. The summed E-state index contributed by atoms with van der Waals surface area (Å²) in [6.07, 6.45) is 0.678. The maximum absolute atomic E-state index is 14.6. The monoisotopic (exact) mass is 426 g/mol. The molecule has 4 aromatic carbocycles. The van der Waals surface area contributed by atoms with Gasteiger partial charge in [-0.1, -0.05) is 97.1 Å². The van der Waals surface area contributed by atoms with Gasteiger partial charge in [-0.25, -0.2) is 0 Å². The summed E-state index contributed by atoms with van der Waals surface area (Å²) in [7, 11) is -3.13. The summed E-state index contributed by atoms with van der Waals surface area (Å²) < 4.78 is 14.6. The lowest BCUT2D eigenvalue weighted by molar-refractivity contribution is 0.494. The summed E-state index contributed by atoms with van der Waals surface area (Å²) in [5, 5.41) is 5.07. The van der Waals surface area contributed by atoms with E-state index in [0.29, 0.717) is 6.42 Å². The van der Waals surface area contributed by atoms with Crippen LogP contribution in [0.5, 0.6) is 0 Å². The van der Waals surface area contributed by atoms with Crippen molar-refractivity contribution in [2.75, 3.05) is 0 Å². The van der Waals surface area contributed by atoms with Crippen molar-refractivity contribution < 1.29 is 4.57 Å². The van der Waals surface area contributed by atoms with Crippen molar-refractivity contribution in [3.8, 4) is 0 Å². The number of rotatable bonds is 8. The van der Waals surface area contributed by atoms with Crippen LogP contribution in [0.4, 0.5) is 0 Å². The number of hydrogen-bond donors (Lipinski definition) is 2. The van der Waals surface area contributed by atoms with Crippen LogP contribution in [0.15, 0.2) is 121 Å². The van der Waals surface area contributed by atoms with Gasteiger partial charge in [0.25, 0.3) is 0 Å². The third kappa shape index (κ3) is 5.03. The highest BCUT2D eigenvalue weighted by Crippen LogP contribution is 2.42. The van der Waals surface area contributed by atoms with Crippen LogP contribution in [0.1, 0.15) is 17.2 Å². The molecule has 0 fully saturated rings. The van der Waals surface area contributed by atoms with E-state index in [-0.39, 0.29) is 12.1 Å². The third-order valence-electron chi connectivity index (χ3n) is 5.46. The Kier molecular flexibility index (Phi) is 6.79. The van der Waals surface area contributed by atoms with Crippen LogP contribution < -0.4 is 21.4 Å². The van der Waals surface area contributed by atoms with E-state index in [1.54, 1.807) is 0 Å². The normalized spacial score (nSPS) is 13.5. The number of hydrogen-bond acceptors (Lipinski definition) is 2. The Labute approximate surface area is 184 Å². The van der Waals surface area contributed by atoms with Crippen molar-refractivity contribution in [1.82, 2.24) is 5.09 Å². The largest absolute Gasteiger partial charge is 0.326 e. The molecule has 0 bridgehead atoms. The smallest absolute Gasteiger partial charge is 0.205 e. The first-order valence-electron chi connectivity index (χ1n) is 10.5. The van der Waals surface area contributed by atoms with E-state index in [2.05, 4.69) is 17.2 Å². The molecule has 0 unspecified atom stereocenters. The fourth-order valence-electron chi connectivity index (χ4n) is 3.85. The first kappa shape index (κ1) is 21.3. The van der Waals surface area contributed by atoms with Gasteiger partial charge in [0, 0.05) is 16.7 Å². The number of nitrogens with two attached hydrogens (primary N) is 1. The van der Waals surface area contributed by atoms with Gasteiger partial charge in [0.15, 0.2) is 0 Å². The molecule has 0 saturated heterocycles. The number of benzene rings is 4. The molecule has 0 aliphatic rings. The second kappa shape index (κ2) is 9.89. The Morgan fingerprint density at radius 2 is 1.06 bits per heavy atom. The lowest BCUT2D eigenvalue weighted by atomic mass is 9.95. The van der Waals surface area contributed by atoms with E-state index in [1.807, 2.05) is 109 Å². The minimum absolute atomic E-state index is 0.259. The molecule has 2 atom stereocenters. The molecule has 0 saturated carbocycles. The molecule has 4 heteroatoms. The molecule has 31 heavy (non-hydrogen) atoms. The molecule has 0 aliphatic carbocycles. The lowest BCUT2D eigenvalue weighted by Gasteiger charge is -2.31. The van der Waals surface area contributed by atoms with E-state index in [9.17, 15) is 4.57 Å². The minimum atomic E-state index is -3.13. The average molecular weight is 427 g/mol. The Morgan fingerprint density at radius 3 is 1.55 bits per heavy atom. The molecule has 0 radical (unpaired) electrons. The molecule has 0 spiro atoms. The summed E-state index contributed by atoms with van der Waals surface area (Å²) in [6, 6.07) is 39.0. The topological polar surface area (TPSA) is 55.1 Å². The first-order valence-corrected chi connectivity index (χ1v) is 12.2. The summed E-state index contributed by atoms with van der Waals surface area (Å²) in [4.78, 5) is 0. The highest BCUT2D eigenvalue weighted by molar-refractivity contribution is 7.76. The SMILES string of the molecule is N[C@@H](Cc1ccccc1)[C@H](NP(=O)(c1ccccc1)c1ccccc1)c1ccccc1. The van der Waals surface area contributed by atoms with Gasteiger partial charge >= 0.3 is 0 Å². The molecule has 3 N–H and O–H groups in total. The van der Waals surface area contributed by atoms with Crippen molar-refractivity contribution in [1.29, 1.82) is 0 Å². The van der Waals surface area contributed by atoms with Crippen LogP contribution in [0.25, 0.3) is 0 Å². The molecule has 156 valence electrons. The molecule has 0 aliphatic heterocycles. The molecule has 4 rings (SSSR count). The molecule has 3 nitrogen and oxygen atoms in total. The zero-order valence-electron chi connectivity index (χ0n) is 17.3. The fourth-order valence-corrected chi connectivity index (χ4v) is 6.36. The van der Waals surface area contributed by atoms with Crippen molar-refractivity contribution in [2.24, 2.45) is 5.73 Å². The fraction of sp³-hybridized carbons (Fsp3) is 0.111. The van der Waals surface area contributed by atoms with E-state index in [1.165, 1.54) is 0 Å². The third-order valence-corrected chi connectivity index (χ3v) is 8.15. The second-order valence-corrected chi connectivity index (χ2v) is 10.2. The van der Waals surface area contributed by atoms with Crippen LogP contribution in [0.2, 0.25) is 0 Å². The summed E-state index contributed by atoms with van der Waals surface area (Å²) in [6.45, 7) is 0. The highest BCUT2D eigenvalue weighted by Gasteiger charge is 2.33. The van der Waals surface area contributed by atoms with Gasteiger partial charge in [-0.15, -0.1) is 0 Å². The van der Waals surface area contributed by atoms with Gasteiger partial charge in [-0.3, -0.25) is 9.65 Å².